The van der Waals surface area contributed by atoms with E-state index < -0.39 is 11.6 Å². The van der Waals surface area contributed by atoms with Gasteiger partial charge in [-0.3, -0.25) is 4.79 Å². The predicted octanol–water partition coefficient (Wildman–Crippen LogP) is 3.81. The number of aryl methyl sites for hydroxylation is 1. The number of phenols is 1. The third kappa shape index (κ3) is 2.83. The van der Waals surface area contributed by atoms with Gasteiger partial charge in [0.25, 0.3) is 5.91 Å². The molecule has 1 fully saturated rings. The van der Waals surface area contributed by atoms with E-state index in [1.54, 1.807) is 38.5 Å². The molecule has 0 radical (unpaired) electrons. The Morgan fingerprint density at radius 2 is 1.62 bits per heavy atom. The normalized spacial score (nSPS) is 21.3. The summed E-state index contributed by atoms with van der Waals surface area (Å²) >= 11 is 0. The molecule has 0 aliphatic carbocycles. The van der Waals surface area contributed by atoms with Crippen LogP contribution in [0.4, 0.5) is 0 Å². The second-order valence-electron chi connectivity index (χ2n) is 8.23. The fourth-order valence-corrected chi connectivity index (χ4v) is 4.92. The van der Waals surface area contributed by atoms with Gasteiger partial charge in [0.1, 0.15) is 17.0 Å². The summed E-state index contributed by atoms with van der Waals surface area (Å²) in [4.78, 5) is 15.2. The molecule has 0 bridgehead atoms. The van der Waals surface area contributed by atoms with E-state index in [4.69, 9.17) is 14.2 Å². The molecule has 0 spiro atoms. The summed E-state index contributed by atoms with van der Waals surface area (Å²) in [6, 6.07) is 18.7. The highest BCUT2D eigenvalue weighted by Gasteiger charge is 2.66. The van der Waals surface area contributed by atoms with Gasteiger partial charge in [-0.2, -0.15) is 0 Å². The number of β-lactam (4-membered cyclic amide) rings is 1. The van der Waals surface area contributed by atoms with E-state index in [-0.39, 0.29) is 11.7 Å². The molecular weight excluding hydrogens is 406 g/mol. The van der Waals surface area contributed by atoms with Crippen molar-refractivity contribution in [3.8, 4) is 23.0 Å². The minimum atomic E-state index is -0.782. The van der Waals surface area contributed by atoms with Crippen LogP contribution >= 0.6 is 0 Å². The molecule has 1 N–H and O–H groups in total. The van der Waals surface area contributed by atoms with Crippen LogP contribution in [0.25, 0.3) is 0 Å². The zero-order valence-corrected chi connectivity index (χ0v) is 18.3. The second kappa shape index (κ2) is 7.48. The molecule has 1 saturated heterocycles. The van der Waals surface area contributed by atoms with Crippen LogP contribution in [0, 0.1) is 6.92 Å². The molecule has 6 nitrogen and oxygen atoms in total. The minimum absolute atomic E-state index is 0.0564. The van der Waals surface area contributed by atoms with Gasteiger partial charge in [0, 0.05) is 6.54 Å². The summed E-state index contributed by atoms with van der Waals surface area (Å²) in [6.07, 6.45) is -0.0204. The SMILES string of the molecule is COc1cc2c(cc1OC)[C@@]1(c3ccc(C)cc3)[C@H](Oc3ccc(O)cc3)C(=O)N1CC2. The lowest BCUT2D eigenvalue weighted by Gasteiger charge is -2.59. The van der Waals surface area contributed by atoms with Crippen molar-refractivity contribution in [2.24, 2.45) is 0 Å². The summed E-state index contributed by atoms with van der Waals surface area (Å²) in [5.74, 6) is 1.90. The van der Waals surface area contributed by atoms with Crippen LogP contribution in [-0.2, 0) is 16.8 Å². The molecule has 2 atom stereocenters. The minimum Gasteiger partial charge on any atom is -0.508 e. The van der Waals surface area contributed by atoms with Gasteiger partial charge in [0.05, 0.1) is 14.2 Å². The largest absolute Gasteiger partial charge is 0.508 e. The summed E-state index contributed by atoms with van der Waals surface area (Å²) in [7, 11) is 3.23. The third-order valence-corrected chi connectivity index (χ3v) is 6.50. The Bertz CT molecular complexity index is 1170. The molecule has 2 aliphatic rings. The number of ether oxygens (including phenoxy) is 3. The first-order valence-corrected chi connectivity index (χ1v) is 10.6. The Labute approximate surface area is 187 Å². The van der Waals surface area contributed by atoms with Gasteiger partial charge in [-0.1, -0.05) is 29.8 Å². The molecule has 3 aromatic rings. The zero-order chi connectivity index (χ0) is 22.5. The number of carbonyl (C=O) groups excluding carboxylic acids is 1. The van der Waals surface area contributed by atoms with Crippen LogP contribution in [0.5, 0.6) is 23.0 Å². The average Bonchev–Trinajstić information content (AvgIpc) is 2.82. The maximum absolute atomic E-state index is 13.3. The van der Waals surface area contributed by atoms with Crippen LogP contribution in [-0.4, -0.2) is 42.8 Å². The highest BCUT2D eigenvalue weighted by Crippen LogP contribution is 2.54. The van der Waals surface area contributed by atoms with Crippen LogP contribution in [0.15, 0.2) is 60.7 Å². The van der Waals surface area contributed by atoms with Gasteiger partial charge < -0.3 is 24.2 Å². The first-order chi connectivity index (χ1) is 15.5. The maximum Gasteiger partial charge on any atom is 0.268 e. The van der Waals surface area contributed by atoms with Gasteiger partial charge in [-0.15, -0.1) is 0 Å². The summed E-state index contributed by atoms with van der Waals surface area (Å²) in [5.41, 5.74) is 3.43. The lowest BCUT2D eigenvalue weighted by Crippen LogP contribution is -2.76. The molecular formula is C26H25NO5. The Balaban J connectivity index is 1.71. The van der Waals surface area contributed by atoms with Crippen molar-refractivity contribution < 1.29 is 24.1 Å². The molecule has 0 unspecified atom stereocenters. The van der Waals surface area contributed by atoms with Gasteiger partial charge in [-0.25, -0.2) is 0 Å². The molecule has 2 heterocycles. The first kappa shape index (κ1) is 20.2. The quantitative estimate of drug-likeness (QED) is 0.623. The van der Waals surface area contributed by atoms with Crippen molar-refractivity contribution in [2.45, 2.75) is 25.0 Å². The number of amides is 1. The Morgan fingerprint density at radius 1 is 0.969 bits per heavy atom. The Hall–Kier alpha value is -3.67. The molecule has 6 heteroatoms. The Morgan fingerprint density at radius 3 is 2.28 bits per heavy atom. The number of fused-ring (bicyclic) bond motifs is 3. The Kier molecular flexibility index (Phi) is 4.73. The van der Waals surface area contributed by atoms with Crippen LogP contribution in [0.2, 0.25) is 0 Å². The monoisotopic (exact) mass is 431 g/mol. The molecule has 0 aromatic heterocycles. The van der Waals surface area contributed by atoms with Crippen molar-refractivity contribution in [1.82, 2.24) is 4.90 Å². The number of aromatic hydroxyl groups is 1. The summed E-state index contributed by atoms with van der Waals surface area (Å²) < 4.78 is 17.4. The van der Waals surface area contributed by atoms with Gasteiger partial charge >= 0.3 is 0 Å². The number of rotatable bonds is 5. The van der Waals surface area contributed by atoms with Gasteiger partial charge in [0.15, 0.2) is 11.5 Å². The average molecular weight is 431 g/mol. The van der Waals surface area contributed by atoms with E-state index in [9.17, 15) is 9.90 Å². The number of nitrogens with zero attached hydrogens (tertiary/aromatic N) is 1. The van der Waals surface area contributed by atoms with E-state index in [2.05, 4.69) is 24.3 Å². The number of benzene rings is 3. The molecule has 164 valence electrons. The van der Waals surface area contributed by atoms with Gasteiger partial charge in [-0.05, 0) is 66.4 Å². The van der Waals surface area contributed by atoms with Crippen molar-refractivity contribution in [3.05, 3.63) is 82.9 Å². The van der Waals surface area contributed by atoms with Crippen molar-refractivity contribution in [1.29, 1.82) is 0 Å². The van der Waals surface area contributed by atoms with E-state index in [1.807, 2.05) is 24.0 Å². The van der Waals surface area contributed by atoms with E-state index in [1.165, 1.54) is 0 Å². The summed E-state index contributed by atoms with van der Waals surface area (Å²) in [5, 5.41) is 9.64. The summed E-state index contributed by atoms with van der Waals surface area (Å²) in [6.45, 7) is 2.63. The molecule has 3 aromatic carbocycles. The maximum atomic E-state index is 13.3. The molecule has 2 aliphatic heterocycles. The fraction of sp³-hybridized carbons (Fsp3) is 0.269. The topological polar surface area (TPSA) is 68.2 Å². The van der Waals surface area contributed by atoms with Gasteiger partial charge in [0.2, 0.25) is 6.10 Å². The zero-order valence-electron chi connectivity index (χ0n) is 18.3. The lowest BCUT2D eigenvalue weighted by molar-refractivity contribution is -0.178. The second-order valence-corrected chi connectivity index (χ2v) is 8.23. The van der Waals surface area contributed by atoms with Crippen LogP contribution in [0.3, 0.4) is 0 Å². The first-order valence-electron chi connectivity index (χ1n) is 10.6. The fourth-order valence-electron chi connectivity index (χ4n) is 4.92. The van der Waals surface area contributed by atoms with Crippen LogP contribution < -0.4 is 14.2 Å². The number of carbonyl (C=O) groups is 1. The molecule has 5 rings (SSSR count). The number of hydrogen-bond acceptors (Lipinski definition) is 5. The lowest BCUT2D eigenvalue weighted by atomic mass is 9.66. The molecule has 32 heavy (non-hydrogen) atoms. The van der Waals surface area contributed by atoms with E-state index in [0.717, 1.165) is 28.7 Å². The van der Waals surface area contributed by atoms with Crippen molar-refractivity contribution in [2.75, 3.05) is 20.8 Å². The number of hydrogen-bond donors (Lipinski definition) is 1. The molecule has 1 amide bonds. The standard InChI is InChI=1S/C26H25NO5/c1-16-4-6-18(7-5-16)26-21-15-23(31-3)22(30-2)14-17(21)12-13-27(26)25(29)24(26)32-20-10-8-19(28)9-11-20/h4-11,14-15,24,28H,12-13H2,1-3H3/t24-,26+/m1/s1. The smallest absolute Gasteiger partial charge is 0.268 e. The van der Waals surface area contributed by atoms with E-state index in [0.29, 0.717) is 23.8 Å². The van der Waals surface area contributed by atoms with Crippen molar-refractivity contribution >= 4 is 5.91 Å². The third-order valence-electron chi connectivity index (χ3n) is 6.50. The van der Waals surface area contributed by atoms with Crippen molar-refractivity contribution in [3.63, 3.8) is 0 Å². The highest BCUT2D eigenvalue weighted by atomic mass is 16.5. The van der Waals surface area contributed by atoms with Crippen LogP contribution in [0.1, 0.15) is 22.3 Å². The predicted molar refractivity (Wildman–Crippen MR) is 119 cm³/mol. The molecule has 0 saturated carbocycles. The number of phenolic OH excluding ortho intramolecular Hbond substituents is 1. The highest BCUT2D eigenvalue weighted by molar-refractivity contribution is 5.94. The van der Waals surface area contributed by atoms with E-state index >= 15 is 0 Å². The number of methoxy groups -OCH3 is 2.